The summed E-state index contributed by atoms with van der Waals surface area (Å²) < 4.78 is 6.59. The van der Waals surface area contributed by atoms with Crippen molar-refractivity contribution in [2.45, 2.75) is 39.2 Å². The molecule has 0 radical (unpaired) electrons. The maximum absolute atomic E-state index is 11.9. The number of anilines is 1. The van der Waals surface area contributed by atoms with Gasteiger partial charge in [0.05, 0.1) is 10.2 Å². The fourth-order valence-electron chi connectivity index (χ4n) is 2.14. The van der Waals surface area contributed by atoms with Crippen LogP contribution in [0.2, 0.25) is 0 Å². The summed E-state index contributed by atoms with van der Waals surface area (Å²) >= 11 is 3.54. The van der Waals surface area contributed by atoms with Crippen molar-refractivity contribution >= 4 is 27.5 Å². The molecule has 1 atom stereocenters. The first kappa shape index (κ1) is 13.4. The van der Waals surface area contributed by atoms with Gasteiger partial charge in [-0.25, -0.2) is 0 Å². The highest BCUT2D eigenvalue weighted by molar-refractivity contribution is 9.10. The van der Waals surface area contributed by atoms with Crippen LogP contribution in [0, 0.1) is 0 Å². The summed E-state index contributed by atoms with van der Waals surface area (Å²) in [5.41, 5.74) is 2.10. The van der Waals surface area contributed by atoms with E-state index < -0.39 is 6.10 Å². The Hall–Kier alpha value is -1.03. The number of ether oxygens (including phenoxy) is 1. The monoisotopic (exact) mass is 311 g/mol. The maximum atomic E-state index is 11.9. The molecular formula is C14H18BrNO2. The summed E-state index contributed by atoms with van der Waals surface area (Å²) in [7, 11) is 1.80. The van der Waals surface area contributed by atoms with E-state index in [0.717, 1.165) is 35.2 Å². The smallest absolute Gasteiger partial charge is 0.267 e. The molecule has 4 heteroatoms. The van der Waals surface area contributed by atoms with Crippen molar-refractivity contribution < 1.29 is 9.53 Å². The van der Waals surface area contributed by atoms with Gasteiger partial charge < -0.3 is 9.64 Å². The van der Waals surface area contributed by atoms with E-state index in [4.69, 9.17) is 4.74 Å². The number of carbonyl (C=O) groups excluding carboxylic acids is 1. The van der Waals surface area contributed by atoms with Gasteiger partial charge in [-0.15, -0.1) is 0 Å². The Labute approximate surface area is 116 Å². The van der Waals surface area contributed by atoms with E-state index in [-0.39, 0.29) is 5.91 Å². The van der Waals surface area contributed by atoms with Crippen molar-refractivity contribution in [1.29, 1.82) is 0 Å². The SMILES string of the molecule is CCCCc1cc(Br)c2c(c1)N(C)C(=O)C(C)O2. The van der Waals surface area contributed by atoms with E-state index in [1.165, 1.54) is 5.56 Å². The summed E-state index contributed by atoms with van der Waals surface area (Å²) in [6.07, 6.45) is 2.93. The van der Waals surface area contributed by atoms with Gasteiger partial charge in [0.2, 0.25) is 0 Å². The standard InChI is InChI=1S/C14H18BrNO2/c1-4-5-6-10-7-11(15)13-12(8-10)16(3)14(17)9(2)18-13/h7-9H,4-6H2,1-3H3. The van der Waals surface area contributed by atoms with Gasteiger partial charge in [-0.05, 0) is 53.4 Å². The van der Waals surface area contributed by atoms with E-state index in [1.54, 1.807) is 18.9 Å². The second-order valence-corrected chi connectivity index (χ2v) is 5.54. The number of unbranched alkanes of at least 4 members (excludes halogenated alkanes) is 1. The number of rotatable bonds is 3. The Morgan fingerprint density at radius 2 is 2.17 bits per heavy atom. The normalized spacial score (nSPS) is 18.6. The average molecular weight is 312 g/mol. The van der Waals surface area contributed by atoms with Crippen molar-refractivity contribution in [3.05, 3.63) is 22.2 Å². The molecule has 0 bridgehead atoms. The topological polar surface area (TPSA) is 29.5 Å². The number of hydrogen-bond acceptors (Lipinski definition) is 2. The Morgan fingerprint density at radius 3 is 2.83 bits per heavy atom. The van der Waals surface area contributed by atoms with Crippen LogP contribution in [0.4, 0.5) is 5.69 Å². The van der Waals surface area contributed by atoms with E-state index in [9.17, 15) is 4.79 Å². The van der Waals surface area contributed by atoms with E-state index in [2.05, 4.69) is 35.0 Å². The largest absolute Gasteiger partial charge is 0.477 e. The minimum absolute atomic E-state index is 0.00189. The van der Waals surface area contributed by atoms with Gasteiger partial charge in [0.15, 0.2) is 11.9 Å². The lowest BCUT2D eigenvalue weighted by atomic mass is 10.1. The summed E-state index contributed by atoms with van der Waals surface area (Å²) in [4.78, 5) is 13.6. The third-order valence-corrected chi connectivity index (χ3v) is 3.83. The summed E-state index contributed by atoms with van der Waals surface area (Å²) in [6, 6.07) is 4.14. The quantitative estimate of drug-likeness (QED) is 0.854. The summed E-state index contributed by atoms with van der Waals surface area (Å²) in [5.74, 6) is 0.770. The Bertz CT molecular complexity index is 473. The lowest BCUT2D eigenvalue weighted by Crippen LogP contribution is -2.42. The number of nitrogens with zero attached hydrogens (tertiary/aromatic N) is 1. The molecule has 1 aromatic carbocycles. The molecule has 0 N–H and O–H groups in total. The Balaban J connectivity index is 2.39. The maximum Gasteiger partial charge on any atom is 0.267 e. The Morgan fingerprint density at radius 1 is 1.44 bits per heavy atom. The molecule has 0 saturated carbocycles. The molecule has 0 aromatic heterocycles. The van der Waals surface area contributed by atoms with Crippen LogP contribution in [0.1, 0.15) is 32.3 Å². The van der Waals surface area contributed by atoms with Crippen LogP contribution in [0.15, 0.2) is 16.6 Å². The van der Waals surface area contributed by atoms with Gasteiger partial charge in [-0.2, -0.15) is 0 Å². The number of benzene rings is 1. The van der Waals surface area contributed by atoms with Crippen LogP contribution >= 0.6 is 15.9 Å². The van der Waals surface area contributed by atoms with Gasteiger partial charge in [0.1, 0.15) is 0 Å². The third-order valence-electron chi connectivity index (χ3n) is 3.24. The van der Waals surface area contributed by atoms with Crippen molar-refractivity contribution in [1.82, 2.24) is 0 Å². The molecule has 1 aliphatic rings. The highest BCUT2D eigenvalue weighted by atomic mass is 79.9. The number of carbonyl (C=O) groups is 1. The minimum Gasteiger partial charge on any atom is -0.477 e. The van der Waals surface area contributed by atoms with E-state index in [1.807, 2.05) is 0 Å². The molecule has 0 spiro atoms. The van der Waals surface area contributed by atoms with Crippen LogP contribution in [-0.4, -0.2) is 19.1 Å². The number of fused-ring (bicyclic) bond motifs is 1. The molecule has 98 valence electrons. The number of amides is 1. The molecule has 0 saturated heterocycles. The zero-order valence-electron chi connectivity index (χ0n) is 11.0. The molecule has 1 heterocycles. The van der Waals surface area contributed by atoms with Crippen LogP contribution in [0.25, 0.3) is 0 Å². The number of likely N-dealkylation sites (N-methyl/N-ethyl adjacent to an activating group) is 1. The van der Waals surface area contributed by atoms with Crippen LogP contribution in [0.3, 0.4) is 0 Å². The van der Waals surface area contributed by atoms with Gasteiger partial charge in [-0.1, -0.05) is 13.3 Å². The molecular weight excluding hydrogens is 294 g/mol. The van der Waals surface area contributed by atoms with E-state index in [0.29, 0.717) is 0 Å². The van der Waals surface area contributed by atoms with Gasteiger partial charge >= 0.3 is 0 Å². The predicted molar refractivity (Wildman–Crippen MR) is 76.3 cm³/mol. The first-order valence-corrected chi connectivity index (χ1v) is 7.10. The van der Waals surface area contributed by atoms with Gasteiger partial charge in [0, 0.05) is 7.05 Å². The molecule has 1 aromatic rings. The molecule has 0 aliphatic carbocycles. The van der Waals surface area contributed by atoms with Crippen molar-refractivity contribution in [2.24, 2.45) is 0 Å². The minimum atomic E-state index is -0.416. The fraction of sp³-hybridized carbons (Fsp3) is 0.500. The average Bonchev–Trinajstić information content (AvgIpc) is 2.35. The molecule has 1 unspecified atom stereocenters. The number of aryl methyl sites for hydroxylation is 1. The second kappa shape index (κ2) is 5.31. The fourth-order valence-corrected chi connectivity index (χ4v) is 2.73. The highest BCUT2D eigenvalue weighted by Crippen LogP contribution is 2.40. The lowest BCUT2D eigenvalue weighted by molar-refractivity contribution is -0.125. The molecule has 1 amide bonds. The van der Waals surface area contributed by atoms with Crippen LogP contribution in [-0.2, 0) is 11.2 Å². The molecule has 2 rings (SSSR count). The Kier molecular flexibility index (Phi) is 3.95. The van der Waals surface area contributed by atoms with Crippen molar-refractivity contribution in [2.75, 3.05) is 11.9 Å². The first-order valence-electron chi connectivity index (χ1n) is 6.31. The summed E-state index contributed by atoms with van der Waals surface area (Å²) in [6.45, 7) is 3.95. The zero-order valence-corrected chi connectivity index (χ0v) is 12.6. The molecule has 0 fully saturated rings. The third kappa shape index (κ3) is 2.39. The first-order chi connectivity index (χ1) is 8.54. The molecule has 18 heavy (non-hydrogen) atoms. The highest BCUT2D eigenvalue weighted by Gasteiger charge is 2.30. The number of halogens is 1. The lowest BCUT2D eigenvalue weighted by Gasteiger charge is -2.31. The summed E-state index contributed by atoms with van der Waals surface area (Å²) in [5, 5.41) is 0. The predicted octanol–water partition coefficient (Wildman–Crippen LogP) is 3.54. The molecule has 1 aliphatic heterocycles. The molecule has 3 nitrogen and oxygen atoms in total. The zero-order chi connectivity index (χ0) is 13.3. The number of hydrogen-bond donors (Lipinski definition) is 0. The second-order valence-electron chi connectivity index (χ2n) is 4.69. The van der Waals surface area contributed by atoms with Gasteiger partial charge in [-0.3, -0.25) is 4.79 Å². The van der Waals surface area contributed by atoms with Crippen molar-refractivity contribution in [3.63, 3.8) is 0 Å². The van der Waals surface area contributed by atoms with Gasteiger partial charge in [0.25, 0.3) is 5.91 Å². The van der Waals surface area contributed by atoms with Crippen LogP contribution < -0.4 is 9.64 Å². The van der Waals surface area contributed by atoms with Crippen molar-refractivity contribution in [3.8, 4) is 5.75 Å². The van der Waals surface area contributed by atoms with E-state index >= 15 is 0 Å². The van der Waals surface area contributed by atoms with Crippen LogP contribution in [0.5, 0.6) is 5.75 Å².